The first-order chi connectivity index (χ1) is 12.6. The van der Waals surface area contributed by atoms with Crippen LogP contribution in [0.5, 0.6) is 0 Å². The normalized spacial score (nSPS) is 11.0. The molecule has 6 nitrogen and oxygen atoms in total. The second-order valence-corrected chi connectivity index (χ2v) is 7.07. The van der Waals surface area contributed by atoms with Crippen molar-refractivity contribution in [1.29, 1.82) is 0 Å². The van der Waals surface area contributed by atoms with Crippen molar-refractivity contribution in [1.82, 2.24) is 14.8 Å². The summed E-state index contributed by atoms with van der Waals surface area (Å²) in [4.78, 5) is 13.4. The number of anilines is 1. The number of amides is 1. The Bertz CT molecular complexity index is 1090. The van der Waals surface area contributed by atoms with Crippen LogP contribution < -0.4 is 5.32 Å². The van der Waals surface area contributed by atoms with E-state index < -0.39 is 0 Å². The lowest BCUT2D eigenvalue weighted by molar-refractivity contribution is 0.0998. The van der Waals surface area contributed by atoms with E-state index in [4.69, 9.17) is 16.0 Å². The second kappa shape index (κ2) is 6.86. The number of carbonyl (C=O) groups is 1. The van der Waals surface area contributed by atoms with Crippen LogP contribution in [0.25, 0.3) is 11.0 Å². The average Bonchev–Trinajstić information content (AvgIpc) is 3.22. The first-order valence-electron chi connectivity index (χ1n) is 7.71. The molecule has 0 aliphatic carbocycles. The molecule has 0 fully saturated rings. The van der Waals surface area contributed by atoms with Gasteiger partial charge >= 0.3 is 0 Å². The van der Waals surface area contributed by atoms with Gasteiger partial charge in [-0.15, -0.1) is 10.2 Å². The summed E-state index contributed by atoms with van der Waals surface area (Å²) in [5, 5.41) is 12.9. The number of hydrogen-bond donors (Lipinski definition) is 1. The maximum absolute atomic E-state index is 12.4. The first kappa shape index (κ1) is 16.7. The van der Waals surface area contributed by atoms with Crippen LogP contribution in [-0.4, -0.2) is 20.7 Å². The predicted octanol–water partition coefficient (Wildman–Crippen LogP) is 4.62. The quantitative estimate of drug-likeness (QED) is 0.555. The van der Waals surface area contributed by atoms with Gasteiger partial charge in [0.05, 0.1) is 0 Å². The summed E-state index contributed by atoms with van der Waals surface area (Å²) in [7, 11) is 1.89. The molecule has 2 aromatic carbocycles. The van der Waals surface area contributed by atoms with Gasteiger partial charge in [-0.3, -0.25) is 4.79 Å². The lowest BCUT2D eigenvalue weighted by Crippen LogP contribution is -2.10. The fraction of sp³-hybridized carbons (Fsp3) is 0.0556. The zero-order valence-electron chi connectivity index (χ0n) is 13.6. The maximum Gasteiger partial charge on any atom is 0.291 e. The molecule has 0 bridgehead atoms. The molecule has 2 aromatic heterocycles. The lowest BCUT2D eigenvalue weighted by atomic mass is 10.2. The van der Waals surface area contributed by atoms with Gasteiger partial charge < -0.3 is 14.3 Å². The molecule has 0 saturated heterocycles. The number of hydrogen-bond acceptors (Lipinski definition) is 5. The summed E-state index contributed by atoms with van der Waals surface area (Å²) < 4.78 is 7.41. The SMILES string of the molecule is Cn1cnnc1Sc1ccc(NC(=O)c2cc3cc(Cl)ccc3o2)cc1. The summed E-state index contributed by atoms with van der Waals surface area (Å²) in [5.41, 5.74) is 1.30. The van der Waals surface area contributed by atoms with Gasteiger partial charge in [0, 0.05) is 28.0 Å². The third-order valence-electron chi connectivity index (χ3n) is 3.69. The standard InChI is InChI=1S/C18H13ClN4O2S/c1-23-10-20-22-18(23)26-14-5-3-13(4-6-14)21-17(24)16-9-11-8-12(19)2-7-15(11)25-16/h2-10H,1H3,(H,21,24). The summed E-state index contributed by atoms with van der Waals surface area (Å²) >= 11 is 7.45. The van der Waals surface area contributed by atoms with Crippen LogP contribution in [0.1, 0.15) is 10.6 Å². The minimum absolute atomic E-state index is 0.236. The van der Waals surface area contributed by atoms with Crippen LogP contribution in [0.4, 0.5) is 5.69 Å². The first-order valence-corrected chi connectivity index (χ1v) is 8.90. The van der Waals surface area contributed by atoms with Crippen molar-refractivity contribution >= 4 is 45.9 Å². The van der Waals surface area contributed by atoms with Gasteiger partial charge in [0.15, 0.2) is 10.9 Å². The van der Waals surface area contributed by atoms with Gasteiger partial charge in [-0.1, -0.05) is 11.6 Å². The van der Waals surface area contributed by atoms with Crippen LogP contribution in [-0.2, 0) is 7.05 Å². The van der Waals surface area contributed by atoms with Gasteiger partial charge in [-0.25, -0.2) is 0 Å². The fourth-order valence-electron chi connectivity index (χ4n) is 2.40. The Kier molecular flexibility index (Phi) is 4.40. The highest BCUT2D eigenvalue weighted by Gasteiger charge is 2.13. The second-order valence-electron chi connectivity index (χ2n) is 5.60. The molecular weight excluding hydrogens is 372 g/mol. The molecule has 0 radical (unpaired) electrons. The van der Waals surface area contributed by atoms with E-state index in [1.807, 2.05) is 35.9 Å². The smallest absolute Gasteiger partial charge is 0.291 e. The number of nitrogens with zero attached hydrogens (tertiary/aromatic N) is 3. The number of nitrogens with one attached hydrogen (secondary N) is 1. The Labute approximate surface area is 158 Å². The van der Waals surface area contributed by atoms with Gasteiger partial charge in [0.2, 0.25) is 0 Å². The molecule has 26 heavy (non-hydrogen) atoms. The van der Waals surface area contributed by atoms with Crippen molar-refractivity contribution in [2.75, 3.05) is 5.32 Å². The summed E-state index contributed by atoms with van der Waals surface area (Å²) in [6.45, 7) is 0. The summed E-state index contributed by atoms with van der Waals surface area (Å²) in [5.74, 6) is -0.0779. The molecule has 4 aromatic rings. The van der Waals surface area contributed by atoms with Crippen LogP contribution in [0.3, 0.4) is 0 Å². The van der Waals surface area contributed by atoms with Crippen LogP contribution >= 0.6 is 23.4 Å². The van der Waals surface area contributed by atoms with Crippen LogP contribution in [0, 0.1) is 0 Å². The Morgan fingerprint density at radius 2 is 2.00 bits per heavy atom. The van der Waals surface area contributed by atoms with Gasteiger partial charge in [0.25, 0.3) is 5.91 Å². The number of halogens is 1. The molecule has 1 amide bonds. The number of aryl methyl sites for hydroxylation is 1. The average molecular weight is 385 g/mol. The van der Waals surface area contributed by atoms with Crippen molar-refractivity contribution < 1.29 is 9.21 Å². The lowest BCUT2D eigenvalue weighted by Gasteiger charge is -2.05. The van der Waals surface area contributed by atoms with Gasteiger partial charge in [-0.2, -0.15) is 0 Å². The molecule has 1 N–H and O–H groups in total. The van der Waals surface area contributed by atoms with E-state index in [1.165, 1.54) is 11.8 Å². The van der Waals surface area contributed by atoms with Crippen molar-refractivity contribution in [2.24, 2.45) is 7.05 Å². The van der Waals surface area contributed by atoms with Gasteiger partial charge in [-0.05, 0) is 60.3 Å². The van der Waals surface area contributed by atoms with Crippen LogP contribution in [0.15, 0.2) is 69.3 Å². The molecule has 0 aliphatic rings. The predicted molar refractivity (Wildman–Crippen MR) is 101 cm³/mol. The van der Waals surface area contributed by atoms with E-state index in [0.717, 1.165) is 15.4 Å². The van der Waals surface area contributed by atoms with E-state index in [-0.39, 0.29) is 11.7 Å². The third kappa shape index (κ3) is 3.44. The Morgan fingerprint density at radius 3 is 2.73 bits per heavy atom. The molecule has 4 rings (SSSR count). The molecule has 8 heteroatoms. The number of benzene rings is 2. The van der Waals surface area contributed by atoms with Crippen LogP contribution in [0.2, 0.25) is 5.02 Å². The van der Waals surface area contributed by atoms with Crippen molar-refractivity contribution in [3.63, 3.8) is 0 Å². The van der Waals surface area contributed by atoms with E-state index in [0.29, 0.717) is 16.3 Å². The number of carbonyl (C=O) groups excluding carboxylic acids is 1. The highest BCUT2D eigenvalue weighted by Crippen LogP contribution is 2.27. The van der Waals surface area contributed by atoms with Gasteiger partial charge in [0.1, 0.15) is 11.9 Å². The van der Waals surface area contributed by atoms with E-state index >= 15 is 0 Å². The van der Waals surface area contributed by atoms with Crippen molar-refractivity contribution in [2.45, 2.75) is 10.1 Å². The van der Waals surface area contributed by atoms with Crippen molar-refractivity contribution in [3.8, 4) is 0 Å². The molecule has 0 atom stereocenters. The number of furan rings is 1. The molecule has 0 unspecified atom stereocenters. The Hall–Kier alpha value is -2.77. The fourth-order valence-corrected chi connectivity index (χ4v) is 3.34. The summed E-state index contributed by atoms with van der Waals surface area (Å²) in [6, 6.07) is 14.4. The molecule has 0 spiro atoms. The monoisotopic (exact) mass is 384 g/mol. The van der Waals surface area contributed by atoms with E-state index in [2.05, 4.69) is 15.5 Å². The van der Waals surface area contributed by atoms with E-state index in [1.54, 1.807) is 30.6 Å². The molecule has 0 aliphatic heterocycles. The largest absolute Gasteiger partial charge is 0.451 e. The Balaban J connectivity index is 1.47. The molecular formula is C18H13ClN4O2S. The number of aromatic nitrogens is 3. The topological polar surface area (TPSA) is 73.0 Å². The Morgan fingerprint density at radius 1 is 1.19 bits per heavy atom. The zero-order chi connectivity index (χ0) is 18.1. The minimum Gasteiger partial charge on any atom is -0.451 e. The summed E-state index contributed by atoms with van der Waals surface area (Å²) in [6.07, 6.45) is 1.65. The molecule has 0 saturated carbocycles. The molecule has 130 valence electrons. The highest BCUT2D eigenvalue weighted by molar-refractivity contribution is 7.99. The number of fused-ring (bicyclic) bond motifs is 1. The number of rotatable bonds is 4. The maximum atomic E-state index is 12.4. The zero-order valence-corrected chi connectivity index (χ0v) is 15.2. The highest BCUT2D eigenvalue weighted by atomic mass is 35.5. The third-order valence-corrected chi connectivity index (χ3v) is 4.99. The minimum atomic E-state index is -0.314. The molecule has 2 heterocycles. The van der Waals surface area contributed by atoms with E-state index in [9.17, 15) is 4.79 Å². The van der Waals surface area contributed by atoms with Crippen molar-refractivity contribution in [3.05, 3.63) is 65.6 Å².